The van der Waals surface area contributed by atoms with Gasteiger partial charge in [0.2, 0.25) is 0 Å². The smallest absolute Gasteiger partial charge is 0.314 e. The van der Waals surface area contributed by atoms with Crippen molar-refractivity contribution in [1.82, 2.24) is 0 Å². The van der Waals surface area contributed by atoms with Crippen molar-refractivity contribution in [3.8, 4) is 0 Å². The van der Waals surface area contributed by atoms with Gasteiger partial charge in [0.1, 0.15) is 0 Å². The molecular formula is C15H19BrO2. The van der Waals surface area contributed by atoms with Gasteiger partial charge in [-0.15, -0.1) is 0 Å². The zero-order chi connectivity index (χ0) is 13.2. The highest BCUT2D eigenvalue weighted by Gasteiger charge is 2.43. The third kappa shape index (κ3) is 2.33. The van der Waals surface area contributed by atoms with Gasteiger partial charge in [-0.05, 0) is 36.8 Å². The number of alkyl halides is 1. The summed E-state index contributed by atoms with van der Waals surface area (Å²) in [5, 5.41) is 10.5. The first-order valence-corrected chi connectivity index (χ1v) is 7.60. The predicted octanol–water partition coefficient (Wildman–Crippen LogP) is 4.11. The summed E-state index contributed by atoms with van der Waals surface area (Å²) >= 11 is 3.41. The molecule has 0 heterocycles. The van der Waals surface area contributed by atoms with Crippen molar-refractivity contribution in [2.24, 2.45) is 5.92 Å². The topological polar surface area (TPSA) is 37.3 Å². The average Bonchev–Trinajstić information content (AvgIpc) is 2.92. The van der Waals surface area contributed by atoms with Crippen molar-refractivity contribution in [1.29, 1.82) is 0 Å². The Morgan fingerprint density at radius 1 is 1.33 bits per heavy atom. The summed E-state index contributed by atoms with van der Waals surface area (Å²) in [5.41, 5.74) is 1.38. The standard InChI is InChI=1S/C15H19BrO2/c1-15(14(17)18,12-4-2-3-5-12)13-8-6-11(10-16)7-9-13/h6-9,12H,2-5,10H2,1H3,(H,17,18)/t15-/m1/s1. The summed E-state index contributed by atoms with van der Waals surface area (Å²) in [6.45, 7) is 1.88. The number of hydrogen-bond acceptors (Lipinski definition) is 1. The van der Waals surface area contributed by atoms with Crippen molar-refractivity contribution in [2.75, 3.05) is 0 Å². The van der Waals surface area contributed by atoms with Crippen molar-refractivity contribution in [2.45, 2.75) is 43.4 Å². The van der Waals surface area contributed by atoms with E-state index in [1.54, 1.807) is 0 Å². The molecular weight excluding hydrogens is 292 g/mol. The summed E-state index contributed by atoms with van der Waals surface area (Å²) in [4.78, 5) is 11.8. The molecule has 1 aromatic carbocycles. The fraction of sp³-hybridized carbons (Fsp3) is 0.533. The zero-order valence-electron chi connectivity index (χ0n) is 10.7. The second kappa shape index (κ2) is 5.43. The fourth-order valence-electron chi connectivity index (χ4n) is 2.98. The number of carboxylic acids is 1. The maximum Gasteiger partial charge on any atom is 0.314 e. The van der Waals surface area contributed by atoms with Gasteiger partial charge in [-0.2, -0.15) is 0 Å². The van der Waals surface area contributed by atoms with E-state index in [-0.39, 0.29) is 5.92 Å². The molecule has 1 N–H and O–H groups in total. The first-order chi connectivity index (χ1) is 8.59. The lowest BCUT2D eigenvalue weighted by Gasteiger charge is -2.32. The molecule has 1 fully saturated rings. The number of benzene rings is 1. The Hall–Kier alpha value is -0.830. The minimum absolute atomic E-state index is 0.268. The first kappa shape index (κ1) is 13.6. The van der Waals surface area contributed by atoms with E-state index in [2.05, 4.69) is 15.9 Å². The van der Waals surface area contributed by atoms with Crippen molar-refractivity contribution >= 4 is 21.9 Å². The molecule has 0 spiro atoms. The van der Waals surface area contributed by atoms with Crippen molar-refractivity contribution in [3.63, 3.8) is 0 Å². The lowest BCUT2D eigenvalue weighted by atomic mass is 9.71. The number of hydrogen-bond donors (Lipinski definition) is 1. The molecule has 1 aliphatic carbocycles. The molecule has 1 aromatic rings. The largest absolute Gasteiger partial charge is 0.481 e. The monoisotopic (exact) mass is 310 g/mol. The van der Waals surface area contributed by atoms with Gasteiger partial charge in [-0.1, -0.05) is 53.0 Å². The van der Waals surface area contributed by atoms with E-state index in [1.165, 1.54) is 5.56 Å². The number of halogens is 1. The fourth-order valence-corrected chi connectivity index (χ4v) is 3.35. The number of carboxylic acid groups (broad SMARTS) is 1. The first-order valence-electron chi connectivity index (χ1n) is 6.48. The normalized spacial score (nSPS) is 19.7. The van der Waals surface area contributed by atoms with Crippen LogP contribution in [0.3, 0.4) is 0 Å². The van der Waals surface area contributed by atoms with Crippen molar-refractivity contribution in [3.05, 3.63) is 35.4 Å². The van der Waals surface area contributed by atoms with Crippen LogP contribution in [0.5, 0.6) is 0 Å². The van der Waals surface area contributed by atoms with E-state index >= 15 is 0 Å². The molecule has 2 rings (SSSR count). The Balaban J connectivity index is 2.36. The average molecular weight is 311 g/mol. The Morgan fingerprint density at radius 3 is 2.33 bits per heavy atom. The Kier molecular flexibility index (Phi) is 4.10. The van der Waals surface area contributed by atoms with Gasteiger partial charge in [0.05, 0.1) is 5.41 Å². The lowest BCUT2D eigenvalue weighted by Crippen LogP contribution is -2.39. The molecule has 0 amide bonds. The van der Waals surface area contributed by atoms with E-state index in [0.29, 0.717) is 0 Å². The molecule has 1 aliphatic rings. The second-order valence-corrected chi connectivity index (χ2v) is 5.88. The summed E-state index contributed by atoms with van der Waals surface area (Å²) in [5.74, 6) is -0.425. The van der Waals surface area contributed by atoms with Crippen LogP contribution in [0.4, 0.5) is 0 Å². The Labute approximate surface area is 117 Å². The summed E-state index contributed by atoms with van der Waals surface area (Å²) in [6.07, 6.45) is 4.38. The van der Waals surface area contributed by atoms with Crippen LogP contribution in [0.2, 0.25) is 0 Å². The molecule has 18 heavy (non-hydrogen) atoms. The molecule has 0 aliphatic heterocycles. The van der Waals surface area contributed by atoms with Crippen molar-refractivity contribution < 1.29 is 9.90 Å². The minimum atomic E-state index is -0.735. The predicted molar refractivity (Wildman–Crippen MR) is 76.0 cm³/mol. The molecule has 0 bridgehead atoms. The van der Waals surface area contributed by atoms with Crippen LogP contribution in [-0.2, 0) is 15.5 Å². The van der Waals surface area contributed by atoms with Crippen LogP contribution in [-0.4, -0.2) is 11.1 Å². The maximum atomic E-state index is 11.8. The summed E-state index contributed by atoms with van der Waals surface area (Å²) < 4.78 is 0. The third-order valence-electron chi connectivity index (χ3n) is 4.32. The zero-order valence-corrected chi connectivity index (χ0v) is 12.2. The van der Waals surface area contributed by atoms with Crippen LogP contribution in [0.15, 0.2) is 24.3 Å². The number of carbonyl (C=O) groups is 1. The van der Waals surface area contributed by atoms with Gasteiger partial charge in [0, 0.05) is 5.33 Å². The molecule has 3 heteroatoms. The van der Waals surface area contributed by atoms with Crippen LogP contribution in [0.25, 0.3) is 0 Å². The van der Waals surface area contributed by atoms with E-state index in [0.717, 1.165) is 36.6 Å². The van der Waals surface area contributed by atoms with Gasteiger partial charge < -0.3 is 5.11 Å². The molecule has 0 aromatic heterocycles. The highest BCUT2D eigenvalue weighted by atomic mass is 79.9. The number of aliphatic carboxylic acids is 1. The highest BCUT2D eigenvalue weighted by molar-refractivity contribution is 9.08. The molecule has 2 nitrogen and oxygen atoms in total. The Morgan fingerprint density at radius 2 is 1.89 bits per heavy atom. The quantitative estimate of drug-likeness (QED) is 0.850. The van der Waals surface area contributed by atoms with Crippen LogP contribution in [0, 0.1) is 5.92 Å². The van der Waals surface area contributed by atoms with E-state index in [4.69, 9.17) is 0 Å². The van der Waals surface area contributed by atoms with Crippen LogP contribution < -0.4 is 0 Å². The van der Waals surface area contributed by atoms with Gasteiger partial charge >= 0.3 is 5.97 Å². The SMILES string of the molecule is C[C@](C(=O)O)(c1ccc(CBr)cc1)C1CCCC1. The van der Waals surface area contributed by atoms with Crippen LogP contribution >= 0.6 is 15.9 Å². The van der Waals surface area contributed by atoms with E-state index < -0.39 is 11.4 Å². The van der Waals surface area contributed by atoms with Gasteiger partial charge in [-0.3, -0.25) is 4.79 Å². The van der Waals surface area contributed by atoms with Gasteiger partial charge in [0.15, 0.2) is 0 Å². The molecule has 1 atom stereocenters. The Bertz CT molecular complexity index is 421. The molecule has 1 saturated carbocycles. The maximum absolute atomic E-state index is 11.8. The molecule has 0 unspecified atom stereocenters. The van der Waals surface area contributed by atoms with Gasteiger partial charge in [0.25, 0.3) is 0 Å². The third-order valence-corrected chi connectivity index (χ3v) is 4.97. The highest BCUT2D eigenvalue weighted by Crippen LogP contribution is 2.42. The number of rotatable bonds is 4. The molecule has 98 valence electrons. The molecule has 0 saturated heterocycles. The van der Waals surface area contributed by atoms with E-state index in [9.17, 15) is 9.90 Å². The second-order valence-electron chi connectivity index (χ2n) is 5.32. The summed E-state index contributed by atoms with van der Waals surface area (Å²) in [6, 6.07) is 7.98. The van der Waals surface area contributed by atoms with E-state index in [1.807, 2.05) is 31.2 Å². The van der Waals surface area contributed by atoms with Gasteiger partial charge in [-0.25, -0.2) is 0 Å². The minimum Gasteiger partial charge on any atom is -0.481 e. The lowest BCUT2D eigenvalue weighted by molar-refractivity contribution is -0.145. The van der Waals surface area contributed by atoms with Crippen LogP contribution in [0.1, 0.15) is 43.7 Å². The summed E-state index contributed by atoms with van der Waals surface area (Å²) in [7, 11) is 0. The molecule has 0 radical (unpaired) electrons.